The highest BCUT2D eigenvalue weighted by Gasteiger charge is 2.57. The van der Waals surface area contributed by atoms with Crippen molar-refractivity contribution >= 4 is 5.78 Å². The van der Waals surface area contributed by atoms with Gasteiger partial charge in [-0.05, 0) is 51.4 Å². The molecule has 22 heavy (non-hydrogen) atoms. The predicted octanol–water partition coefficient (Wildman–Crippen LogP) is 4.54. The van der Waals surface area contributed by atoms with E-state index < -0.39 is 5.60 Å². The van der Waals surface area contributed by atoms with E-state index in [1.807, 2.05) is 12.2 Å². The average Bonchev–Trinajstić information content (AvgIpc) is 2.74. The van der Waals surface area contributed by atoms with Crippen LogP contribution in [-0.4, -0.2) is 16.5 Å². The quantitative estimate of drug-likeness (QED) is 0.777. The van der Waals surface area contributed by atoms with Gasteiger partial charge in [-0.1, -0.05) is 44.6 Å². The van der Waals surface area contributed by atoms with Crippen LogP contribution in [0.3, 0.4) is 0 Å². The molecule has 5 atom stereocenters. The van der Waals surface area contributed by atoms with Gasteiger partial charge in [-0.2, -0.15) is 0 Å². The minimum atomic E-state index is -0.794. The molecule has 2 heteroatoms. The highest BCUT2D eigenvalue weighted by Crippen LogP contribution is 2.61. The molecule has 2 saturated carbocycles. The molecule has 0 aromatic rings. The van der Waals surface area contributed by atoms with Gasteiger partial charge in [-0.25, -0.2) is 0 Å². The first kappa shape index (κ1) is 17.5. The van der Waals surface area contributed by atoms with Crippen LogP contribution in [0.1, 0.15) is 60.8 Å². The summed E-state index contributed by atoms with van der Waals surface area (Å²) in [5.74, 6) is 2.13. The standard InChI is InChI=1S/C20H32O2/c1-13-9-11-20(15(3)8-7-10-19(5,6)22)16(4)14(2)12-17(21)18(13)20/h7-8,10,13-14,16,18,22H,9,11-12H2,1-6H3/b10-7+,15-8+/t13-,14+,16-,18-,20-/m1/s1. The lowest BCUT2D eigenvalue weighted by molar-refractivity contribution is -0.134. The average molecular weight is 304 g/mol. The fourth-order valence-electron chi connectivity index (χ4n) is 4.93. The van der Waals surface area contributed by atoms with Crippen molar-refractivity contribution in [3.63, 3.8) is 0 Å². The molecule has 0 aromatic carbocycles. The van der Waals surface area contributed by atoms with Crippen LogP contribution in [0, 0.1) is 29.1 Å². The number of aliphatic hydroxyl groups is 1. The van der Waals surface area contributed by atoms with Gasteiger partial charge in [-0.3, -0.25) is 4.79 Å². The first-order chi connectivity index (χ1) is 10.1. The highest BCUT2D eigenvalue weighted by atomic mass is 16.3. The molecule has 0 aromatic heterocycles. The molecule has 0 bridgehead atoms. The van der Waals surface area contributed by atoms with E-state index in [0.717, 1.165) is 19.3 Å². The zero-order valence-electron chi connectivity index (χ0n) is 15.0. The second kappa shape index (κ2) is 5.96. The van der Waals surface area contributed by atoms with E-state index in [4.69, 9.17) is 0 Å². The number of carbonyl (C=O) groups is 1. The van der Waals surface area contributed by atoms with Crippen molar-refractivity contribution in [2.24, 2.45) is 29.1 Å². The Hall–Kier alpha value is -0.890. The van der Waals surface area contributed by atoms with Crippen LogP contribution in [0.25, 0.3) is 0 Å². The Kier molecular flexibility index (Phi) is 4.73. The molecule has 2 aliphatic carbocycles. The molecule has 0 heterocycles. The minimum Gasteiger partial charge on any atom is -0.386 e. The molecule has 2 nitrogen and oxygen atoms in total. The number of hydrogen-bond acceptors (Lipinski definition) is 2. The van der Waals surface area contributed by atoms with Crippen molar-refractivity contribution in [1.82, 2.24) is 0 Å². The number of allylic oxidation sites excluding steroid dienone is 3. The molecule has 0 saturated heterocycles. The molecule has 0 aliphatic heterocycles. The second-order valence-corrected chi connectivity index (χ2v) is 8.33. The van der Waals surface area contributed by atoms with Crippen LogP contribution >= 0.6 is 0 Å². The van der Waals surface area contributed by atoms with Gasteiger partial charge in [0, 0.05) is 17.8 Å². The summed E-state index contributed by atoms with van der Waals surface area (Å²) in [4.78, 5) is 12.7. The van der Waals surface area contributed by atoms with Gasteiger partial charge in [0.25, 0.3) is 0 Å². The van der Waals surface area contributed by atoms with Crippen LogP contribution in [0.15, 0.2) is 23.8 Å². The Morgan fingerprint density at radius 3 is 2.50 bits per heavy atom. The Morgan fingerprint density at radius 2 is 1.91 bits per heavy atom. The van der Waals surface area contributed by atoms with Crippen molar-refractivity contribution in [2.75, 3.05) is 0 Å². The molecule has 2 rings (SSSR count). The first-order valence-electron chi connectivity index (χ1n) is 8.71. The van der Waals surface area contributed by atoms with Crippen LogP contribution in [0.4, 0.5) is 0 Å². The van der Waals surface area contributed by atoms with E-state index >= 15 is 0 Å². The summed E-state index contributed by atoms with van der Waals surface area (Å²) in [6, 6.07) is 0. The van der Waals surface area contributed by atoms with Crippen LogP contribution in [0.5, 0.6) is 0 Å². The normalized spacial score (nSPS) is 40.3. The lowest BCUT2D eigenvalue weighted by Gasteiger charge is -2.49. The zero-order valence-corrected chi connectivity index (χ0v) is 15.0. The molecule has 124 valence electrons. The SMILES string of the molecule is C/C(=C\C=C\C(C)(C)O)[C@@]12CC[C@@H](C)[C@@H]1C(=O)C[C@H](C)[C@H]2C. The number of carbonyl (C=O) groups excluding carboxylic acids is 1. The number of fused-ring (bicyclic) bond motifs is 1. The summed E-state index contributed by atoms with van der Waals surface area (Å²) < 4.78 is 0. The van der Waals surface area contributed by atoms with Gasteiger partial charge in [0.2, 0.25) is 0 Å². The summed E-state index contributed by atoms with van der Waals surface area (Å²) in [6.07, 6.45) is 8.91. The zero-order chi connectivity index (χ0) is 16.7. The van der Waals surface area contributed by atoms with E-state index in [2.05, 4.69) is 33.8 Å². The molecule has 1 N–H and O–H groups in total. The van der Waals surface area contributed by atoms with Crippen LogP contribution < -0.4 is 0 Å². The smallest absolute Gasteiger partial charge is 0.137 e. The maximum atomic E-state index is 12.7. The third-order valence-corrected chi connectivity index (χ3v) is 6.26. The Labute approximate surface area is 135 Å². The molecule has 2 aliphatic rings. The number of rotatable bonds is 3. The van der Waals surface area contributed by atoms with Crippen LogP contribution in [0.2, 0.25) is 0 Å². The number of Topliss-reactive ketones (excluding diaryl/α,β-unsaturated/α-hetero) is 1. The molecular weight excluding hydrogens is 272 g/mol. The van der Waals surface area contributed by atoms with Gasteiger partial charge < -0.3 is 5.11 Å². The summed E-state index contributed by atoms with van der Waals surface area (Å²) in [5, 5.41) is 9.83. The van der Waals surface area contributed by atoms with E-state index in [0.29, 0.717) is 23.5 Å². The molecule has 2 fully saturated rings. The maximum absolute atomic E-state index is 12.7. The molecular formula is C20H32O2. The van der Waals surface area contributed by atoms with Crippen molar-refractivity contribution in [3.05, 3.63) is 23.8 Å². The van der Waals surface area contributed by atoms with Gasteiger partial charge in [-0.15, -0.1) is 0 Å². The van der Waals surface area contributed by atoms with Crippen molar-refractivity contribution in [1.29, 1.82) is 0 Å². The van der Waals surface area contributed by atoms with Gasteiger partial charge >= 0.3 is 0 Å². The number of hydrogen-bond donors (Lipinski definition) is 1. The Bertz CT molecular complexity index is 494. The van der Waals surface area contributed by atoms with E-state index in [-0.39, 0.29) is 11.3 Å². The van der Waals surface area contributed by atoms with E-state index in [1.165, 1.54) is 5.57 Å². The van der Waals surface area contributed by atoms with Gasteiger partial charge in [0.1, 0.15) is 5.78 Å². The third kappa shape index (κ3) is 2.95. The van der Waals surface area contributed by atoms with Gasteiger partial charge in [0.15, 0.2) is 0 Å². The lowest BCUT2D eigenvalue weighted by Crippen LogP contribution is -2.47. The maximum Gasteiger partial charge on any atom is 0.137 e. The van der Waals surface area contributed by atoms with Crippen molar-refractivity contribution < 1.29 is 9.90 Å². The monoisotopic (exact) mass is 304 g/mol. The van der Waals surface area contributed by atoms with Gasteiger partial charge in [0.05, 0.1) is 5.60 Å². The van der Waals surface area contributed by atoms with E-state index in [1.54, 1.807) is 13.8 Å². The summed E-state index contributed by atoms with van der Waals surface area (Å²) in [6.45, 7) is 12.5. The number of ketones is 1. The second-order valence-electron chi connectivity index (χ2n) is 8.33. The lowest BCUT2D eigenvalue weighted by atomic mass is 9.54. The fourth-order valence-corrected chi connectivity index (χ4v) is 4.93. The first-order valence-corrected chi connectivity index (χ1v) is 8.71. The molecule has 0 unspecified atom stereocenters. The summed E-state index contributed by atoms with van der Waals surface area (Å²) in [7, 11) is 0. The van der Waals surface area contributed by atoms with Crippen LogP contribution in [-0.2, 0) is 4.79 Å². The summed E-state index contributed by atoms with van der Waals surface area (Å²) >= 11 is 0. The molecule has 0 amide bonds. The molecule has 0 radical (unpaired) electrons. The van der Waals surface area contributed by atoms with Crippen molar-refractivity contribution in [2.45, 2.75) is 66.4 Å². The highest BCUT2D eigenvalue weighted by molar-refractivity contribution is 5.84. The fraction of sp³-hybridized carbons (Fsp3) is 0.750. The predicted molar refractivity (Wildman–Crippen MR) is 91.5 cm³/mol. The Balaban J connectivity index is 2.40. The Morgan fingerprint density at radius 1 is 1.27 bits per heavy atom. The third-order valence-electron chi connectivity index (χ3n) is 6.26. The topological polar surface area (TPSA) is 37.3 Å². The van der Waals surface area contributed by atoms with Crippen molar-refractivity contribution in [3.8, 4) is 0 Å². The van der Waals surface area contributed by atoms with E-state index in [9.17, 15) is 9.90 Å². The summed E-state index contributed by atoms with van der Waals surface area (Å²) in [5.41, 5.74) is 0.547. The molecule has 0 spiro atoms. The minimum absolute atomic E-state index is 0.0259. The largest absolute Gasteiger partial charge is 0.386 e.